The molecule has 24 heteroatoms. The van der Waals surface area contributed by atoms with Gasteiger partial charge in [0.25, 0.3) is 0 Å². The Morgan fingerprint density at radius 1 is 0.365 bits per heavy atom. The van der Waals surface area contributed by atoms with Crippen molar-refractivity contribution in [3.8, 4) is 79.0 Å². The van der Waals surface area contributed by atoms with Crippen molar-refractivity contribution in [3.05, 3.63) is 188 Å². The number of carbonyl (C=O) groups excluding carboxylic acids is 4. The van der Waals surface area contributed by atoms with Crippen molar-refractivity contribution in [2.45, 2.75) is 258 Å². The molecule has 0 radical (unpaired) electrons. The smallest absolute Gasteiger partial charge is 0.249 e. The predicted molar refractivity (Wildman–Crippen MR) is 523 cm³/mol. The van der Waals surface area contributed by atoms with Crippen LogP contribution in [-0.2, 0) is 77.4 Å². The maximum atomic E-state index is 12.2. The third-order valence-electron chi connectivity index (χ3n) is 27.4. The van der Waals surface area contributed by atoms with Crippen LogP contribution in [0.3, 0.4) is 0 Å². The molecule has 4 fully saturated rings. The zero-order valence-corrected chi connectivity index (χ0v) is 80.5. The van der Waals surface area contributed by atoms with Gasteiger partial charge >= 0.3 is 0 Å². The van der Waals surface area contributed by atoms with E-state index in [0.29, 0.717) is 62.9 Å². The van der Waals surface area contributed by atoms with Crippen molar-refractivity contribution in [1.29, 1.82) is 0 Å². The second-order valence-corrected chi connectivity index (χ2v) is 41.2. The zero-order valence-electron chi connectivity index (χ0n) is 77.2. The number of amides is 4. The van der Waals surface area contributed by atoms with Crippen LogP contribution in [0.15, 0.2) is 121 Å². The number of thiocarbonyl (C=S) groups is 4. The number of methoxy groups -OCH3 is 4. The molecule has 16 rings (SSSR count). The number of hydrogen-bond donors (Lipinski definition) is 10. The van der Waals surface area contributed by atoms with E-state index in [1.54, 1.807) is 34.5 Å². The number of nitrogens with one attached hydrogen (secondary N) is 8. The number of aryl methyl sites for hydroxylation is 2. The van der Waals surface area contributed by atoms with Crippen LogP contribution >= 0.6 is 48.9 Å². The highest BCUT2D eigenvalue weighted by molar-refractivity contribution is 7.81. The van der Waals surface area contributed by atoms with Gasteiger partial charge in [0.1, 0.15) is 58.7 Å². The van der Waals surface area contributed by atoms with Gasteiger partial charge in [-0.1, -0.05) is 144 Å². The fourth-order valence-corrected chi connectivity index (χ4v) is 20.4. The summed E-state index contributed by atoms with van der Waals surface area (Å²) < 4.78 is 23.1. The summed E-state index contributed by atoms with van der Waals surface area (Å²) >= 11 is 20.3. The number of anilines is 2. The van der Waals surface area contributed by atoms with Crippen LogP contribution in [0, 0.1) is 13.8 Å². The second kappa shape index (κ2) is 36.4. The molecule has 3 aliphatic carbocycles. The van der Waals surface area contributed by atoms with Crippen LogP contribution in [-0.4, -0.2) is 132 Å². The number of carbonyl (C=O) groups is 4. The van der Waals surface area contributed by atoms with E-state index in [-0.39, 0.29) is 86.1 Å². The molecule has 10 N–H and O–H groups in total. The lowest BCUT2D eigenvalue weighted by Gasteiger charge is -2.43. The summed E-state index contributed by atoms with van der Waals surface area (Å²) in [6.45, 7) is 43.0. The molecule has 4 atom stereocenters. The molecule has 668 valence electrons. The highest BCUT2D eigenvalue weighted by atomic mass is 32.1. The van der Waals surface area contributed by atoms with E-state index in [0.717, 1.165) is 117 Å². The molecule has 4 saturated heterocycles. The van der Waals surface area contributed by atoms with Gasteiger partial charge in [-0.15, -0.1) is 0 Å². The van der Waals surface area contributed by atoms with Crippen molar-refractivity contribution in [2.24, 2.45) is 0 Å². The maximum absolute atomic E-state index is 12.2. The Bertz CT molecular complexity index is 5670. The number of aromatic hydroxyl groups is 2. The molecule has 5 aliphatic heterocycles. The summed E-state index contributed by atoms with van der Waals surface area (Å²) in [5.41, 5.74) is 25.5. The number of phenols is 2. The second-order valence-electron chi connectivity index (χ2n) is 39.5. The number of hydrogen-bond acceptors (Lipinski definition) is 16. The lowest BCUT2D eigenvalue weighted by Crippen LogP contribution is -2.46. The predicted octanol–water partition coefficient (Wildman–Crippen LogP) is 17.6. The van der Waals surface area contributed by atoms with Gasteiger partial charge in [-0.25, -0.2) is 0 Å². The molecule has 4 amide bonds. The van der Waals surface area contributed by atoms with Crippen LogP contribution in [0.2, 0.25) is 0 Å². The highest BCUT2D eigenvalue weighted by Crippen LogP contribution is 2.53. The minimum atomic E-state index is -0.542. The van der Waals surface area contributed by atoms with Crippen molar-refractivity contribution in [3.63, 3.8) is 0 Å². The van der Waals surface area contributed by atoms with Crippen molar-refractivity contribution < 1.29 is 48.3 Å². The summed E-state index contributed by atoms with van der Waals surface area (Å²) in [7, 11) is 6.75. The van der Waals surface area contributed by atoms with E-state index >= 15 is 0 Å². The van der Waals surface area contributed by atoms with E-state index in [9.17, 15) is 29.4 Å². The summed E-state index contributed by atoms with van der Waals surface area (Å²) in [6, 6.07) is 41.3. The van der Waals surface area contributed by atoms with Gasteiger partial charge in [0.05, 0.1) is 45.4 Å². The first-order valence-electron chi connectivity index (χ1n) is 44.0. The van der Waals surface area contributed by atoms with Gasteiger partial charge in [0.2, 0.25) is 23.6 Å². The largest absolute Gasteiger partial charge is 0.508 e. The summed E-state index contributed by atoms with van der Waals surface area (Å²) in [6.07, 6.45) is 8.81. The Kier molecular flexibility index (Phi) is 26.9. The number of fused-ring (bicyclic) bond motifs is 4. The molecule has 0 aromatic heterocycles. The van der Waals surface area contributed by atoms with E-state index in [1.165, 1.54) is 75.6 Å². The Morgan fingerprint density at radius 3 is 1.16 bits per heavy atom. The number of benzene rings is 8. The molecule has 0 bridgehead atoms. The van der Waals surface area contributed by atoms with Gasteiger partial charge in [-0.2, -0.15) is 0 Å². The molecule has 126 heavy (non-hydrogen) atoms. The van der Waals surface area contributed by atoms with E-state index in [1.807, 2.05) is 36.4 Å². The first-order valence-corrected chi connectivity index (χ1v) is 45.6. The Balaban J connectivity index is 0.000000144. The third-order valence-corrected chi connectivity index (χ3v) is 28.2. The van der Waals surface area contributed by atoms with Crippen LogP contribution in [0.4, 0.5) is 11.4 Å². The first kappa shape index (κ1) is 93.2. The summed E-state index contributed by atoms with van der Waals surface area (Å²) in [4.78, 5) is 53.5. The molecule has 20 nitrogen and oxygen atoms in total. The molecule has 0 spiro atoms. The van der Waals surface area contributed by atoms with Crippen molar-refractivity contribution in [1.82, 2.24) is 42.5 Å². The SMILES string of the molecule is COc1ccc(CC2NC(=S)NC2=O)c(OC)c1-c1ccc2c(c1)C(C)(C)CCC2(C)C.COc1ccc(CC2NC(=S)NC2=O)cc1-c1cc2c(cc1C)N(C(C)C)CCN2C(C)C.COc1ccc(CC2NC(=S)NC2=O)cc1-c1ccc2c(c1)C(C)(C)CCC2(C)C.Cc1cc2c(cc1-c1cc(CC3NC(=S)NC3=O)c(O)cc1O)C(C)(C)CCC2(C)C. The third kappa shape index (κ3) is 19.4. The van der Waals surface area contributed by atoms with Crippen molar-refractivity contribution in [2.75, 3.05) is 51.3 Å². The van der Waals surface area contributed by atoms with Gasteiger partial charge in [0, 0.05) is 73.6 Å². The fourth-order valence-electron chi connectivity index (χ4n) is 19.4. The molecular weight excluding hydrogens is 1650 g/mol. The van der Waals surface area contributed by atoms with Crippen LogP contribution in [0.1, 0.15) is 216 Å². The highest BCUT2D eigenvalue weighted by Gasteiger charge is 2.43. The average molecular weight is 1780 g/mol. The van der Waals surface area contributed by atoms with Crippen molar-refractivity contribution >= 4 is 104 Å². The quantitative estimate of drug-likeness (QED) is 0.0359. The van der Waals surface area contributed by atoms with E-state index < -0.39 is 12.1 Å². The first-order chi connectivity index (χ1) is 59.2. The van der Waals surface area contributed by atoms with Crippen LogP contribution in [0.25, 0.3) is 44.5 Å². The average Bonchev–Trinajstić information content (AvgIpc) is 1.51. The Labute approximate surface area is 766 Å². The Hall–Kier alpha value is -10.4. The van der Waals surface area contributed by atoms with Gasteiger partial charge in [-0.3, -0.25) is 19.2 Å². The van der Waals surface area contributed by atoms with Crippen LogP contribution in [0.5, 0.6) is 34.5 Å². The van der Waals surface area contributed by atoms with E-state index in [4.69, 9.17) is 67.8 Å². The summed E-state index contributed by atoms with van der Waals surface area (Å²) in [5.74, 6) is 2.64. The minimum absolute atomic E-state index is 0.0246. The summed E-state index contributed by atoms with van der Waals surface area (Å²) in [5, 5.41) is 45.2. The molecule has 8 aromatic rings. The number of phenolic OH excluding ortho intramolecular Hbond substituents is 2. The fraction of sp³-hybridized carbons (Fsp3) is 0.451. The Morgan fingerprint density at radius 2 is 0.730 bits per heavy atom. The molecule has 4 unspecified atom stereocenters. The monoisotopic (exact) mass is 1780 g/mol. The van der Waals surface area contributed by atoms with Gasteiger partial charge < -0.3 is 81.5 Å². The normalized spacial score (nSPS) is 20.4. The lowest BCUT2D eigenvalue weighted by atomic mass is 9.62. The van der Waals surface area contributed by atoms with Gasteiger partial charge in [-0.05, 0) is 305 Å². The number of rotatable bonds is 18. The topological polar surface area (TPSA) is 248 Å². The maximum Gasteiger partial charge on any atom is 0.249 e. The number of nitrogens with zero attached hydrogens (tertiary/aromatic N) is 2. The molecule has 8 aromatic carbocycles. The van der Waals surface area contributed by atoms with Gasteiger partial charge in [0.15, 0.2) is 20.4 Å². The van der Waals surface area contributed by atoms with Crippen LogP contribution < -0.4 is 71.3 Å². The number of ether oxygens (including phenoxy) is 4. The van der Waals surface area contributed by atoms with E-state index in [2.05, 4.69) is 250 Å². The standard InChI is InChI=1S/C26H34N4O2S.C26H32N2O3S.C25H30N2O3S.C25H30N2O2S/c1-15(2)29-9-10-30(16(3)4)23-14-19(17(5)11-22(23)29)20-12-18(7-8-24(20)32-6)13-21-25(31)28-26(33)27-21;1-25(2)11-12-26(3,4)18-13-15(7-9-17(18)25)21-20(30-5)10-8-16(22(21)31-6)14-19-23(29)28-24(32)27-19;1-13-8-17-18(25(4,5)7-6-24(17,2)3)11-15(13)16-9-14(20(28)12-21(16)29)10-19-22(30)27-23(31)26-19;1-24(2)10-11-25(3,4)19-14-16(7-8-18(19)24)17-12-15(6-9-21(17)29-5)13-20-22(28)27-23(30)26-20/h7-8,11-12,14-16,21H,9-10,13H2,1-6H3,(H2,27,28,31,33);7-10,13,19H,11-12,14H2,1-6H3,(H2,27,28,29,32);8-9,11-12,19,28-29H,6-7,10H2,1-5H3,(H2,26,27,30,31);6-9,12,14,20H,10-11,13H2,1-5H3,(H2,26,27,28,30). The molecular formula is C102H126N10O10S4. The molecule has 5 heterocycles. The molecule has 0 saturated carbocycles. The lowest BCUT2D eigenvalue weighted by molar-refractivity contribution is -0.120. The zero-order chi connectivity index (χ0) is 91.5. The minimum Gasteiger partial charge on any atom is -0.508 e. The molecule has 8 aliphatic rings.